The Bertz CT molecular complexity index is 518. The van der Waals surface area contributed by atoms with E-state index in [1.165, 1.54) is 6.20 Å². The van der Waals surface area contributed by atoms with Crippen LogP contribution in [0.25, 0.3) is 0 Å². The van der Waals surface area contributed by atoms with Crippen molar-refractivity contribution in [1.82, 2.24) is 9.99 Å². The van der Waals surface area contributed by atoms with Gasteiger partial charge in [-0.1, -0.05) is 6.92 Å². The van der Waals surface area contributed by atoms with E-state index in [1.807, 2.05) is 0 Å². The summed E-state index contributed by atoms with van der Waals surface area (Å²) in [5.41, 5.74) is 6.31. The Balaban J connectivity index is 2.21. The molecule has 1 aliphatic heterocycles. The van der Waals surface area contributed by atoms with Crippen LogP contribution in [-0.2, 0) is 0 Å². The molecule has 7 heteroatoms. The Morgan fingerprint density at radius 1 is 1.56 bits per heavy atom. The second-order valence-corrected chi connectivity index (χ2v) is 4.07. The minimum Gasteiger partial charge on any atom is -0.350 e. The van der Waals surface area contributed by atoms with Crippen LogP contribution in [0.4, 0.5) is 13.6 Å². The lowest BCUT2D eigenvalue weighted by atomic mass is 9.96. The Hall–Kier alpha value is -2.05. The number of hydrazone groups is 1. The van der Waals surface area contributed by atoms with Crippen molar-refractivity contribution in [2.75, 3.05) is 6.54 Å². The first-order valence-corrected chi connectivity index (χ1v) is 5.44. The lowest BCUT2D eigenvalue weighted by Gasteiger charge is -2.10. The van der Waals surface area contributed by atoms with Crippen molar-refractivity contribution in [1.29, 1.82) is 0 Å². The van der Waals surface area contributed by atoms with Gasteiger partial charge in [-0.3, -0.25) is 0 Å². The normalized spacial score (nSPS) is 16.6. The van der Waals surface area contributed by atoms with Crippen LogP contribution >= 0.6 is 0 Å². The molecule has 1 aromatic rings. The first-order valence-electron chi connectivity index (χ1n) is 5.44. The molecule has 96 valence electrons. The number of nitrogens with zero attached hydrogens (tertiary/aromatic N) is 3. The number of aromatic nitrogens is 1. The Kier molecular flexibility index (Phi) is 3.22. The van der Waals surface area contributed by atoms with Crippen molar-refractivity contribution in [3.63, 3.8) is 0 Å². The summed E-state index contributed by atoms with van der Waals surface area (Å²) in [4.78, 5) is 14.2. The number of hydrogen-bond acceptors (Lipinski definition) is 3. The summed E-state index contributed by atoms with van der Waals surface area (Å²) >= 11 is 0. The standard InChI is InChI=1S/C11H12F2N4O/c1-6(7-4-8(12)10(13)15-5-7)9-2-3-17(16-9)11(14)18/h4-6H,2-3H2,1H3,(H2,14,18)/t6-/m1/s1. The number of carbonyl (C=O) groups is 1. The van der Waals surface area contributed by atoms with Gasteiger partial charge in [0.05, 0.1) is 6.54 Å². The quantitative estimate of drug-likeness (QED) is 0.814. The smallest absolute Gasteiger partial charge is 0.335 e. The molecule has 0 aromatic carbocycles. The molecule has 0 aliphatic carbocycles. The molecule has 18 heavy (non-hydrogen) atoms. The third-order valence-electron chi connectivity index (χ3n) is 2.90. The van der Waals surface area contributed by atoms with Gasteiger partial charge in [0, 0.05) is 24.2 Å². The zero-order chi connectivity index (χ0) is 13.3. The predicted molar refractivity (Wildman–Crippen MR) is 60.9 cm³/mol. The second kappa shape index (κ2) is 4.67. The first-order chi connectivity index (χ1) is 8.49. The van der Waals surface area contributed by atoms with Crippen molar-refractivity contribution < 1.29 is 13.6 Å². The summed E-state index contributed by atoms with van der Waals surface area (Å²) < 4.78 is 25.8. The van der Waals surface area contributed by atoms with Crippen molar-refractivity contribution in [3.8, 4) is 0 Å². The lowest BCUT2D eigenvalue weighted by molar-refractivity contribution is 0.215. The number of halogens is 2. The molecular formula is C11H12F2N4O. The van der Waals surface area contributed by atoms with Crippen LogP contribution in [0.5, 0.6) is 0 Å². The van der Waals surface area contributed by atoms with Gasteiger partial charge in [0.2, 0.25) is 5.95 Å². The van der Waals surface area contributed by atoms with E-state index < -0.39 is 17.8 Å². The molecule has 0 fully saturated rings. The molecule has 2 heterocycles. The number of rotatable bonds is 2. The second-order valence-electron chi connectivity index (χ2n) is 4.07. The number of pyridine rings is 1. The molecule has 1 aliphatic rings. The molecule has 0 spiro atoms. The molecule has 0 unspecified atom stereocenters. The van der Waals surface area contributed by atoms with Gasteiger partial charge in [0.25, 0.3) is 0 Å². The number of nitrogens with two attached hydrogens (primary N) is 1. The van der Waals surface area contributed by atoms with Crippen LogP contribution in [0.3, 0.4) is 0 Å². The van der Waals surface area contributed by atoms with Gasteiger partial charge < -0.3 is 5.73 Å². The van der Waals surface area contributed by atoms with Crippen LogP contribution in [0, 0.1) is 11.8 Å². The fourth-order valence-electron chi connectivity index (χ4n) is 1.80. The average molecular weight is 254 g/mol. The summed E-state index contributed by atoms with van der Waals surface area (Å²) in [7, 11) is 0. The van der Waals surface area contributed by atoms with Crippen LogP contribution in [0.15, 0.2) is 17.4 Å². The Morgan fingerprint density at radius 2 is 2.28 bits per heavy atom. The van der Waals surface area contributed by atoms with E-state index in [4.69, 9.17) is 5.73 Å². The van der Waals surface area contributed by atoms with E-state index in [1.54, 1.807) is 6.92 Å². The molecule has 1 atom stereocenters. The van der Waals surface area contributed by atoms with Gasteiger partial charge in [-0.05, 0) is 11.6 Å². The molecule has 2 amide bonds. The zero-order valence-corrected chi connectivity index (χ0v) is 9.73. The van der Waals surface area contributed by atoms with Crippen molar-refractivity contribution in [3.05, 3.63) is 29.6 Å². The third kappa shape index (κ3) is 2.29. The molecule has 0 bridgehead atoms. The largest absolute Gasteiger partial charge is 0.350 e. The summed E-state index contributed by atoms with van der Waals surface area (Å²) in [6.07, 6.45) is 1.82. The van der Waals surface area contributed by atoms with E-state index in [-0.39, 0.29) is 5.92 Å². The van der Waals surface area contributed by atoms with E-state index in [2.05, 4.69) is 10.1 Å². The van der Waals surface area contributed by atoms with E-state index >= 15 is 0 Å². The van der Waals surface area contributed by atoms with Crippen molar-refractivity contribution in [2.45, 2.75) is 19.3 Å². The molecule has 2 rings (SSSR count). The monoisotopic (exact) mass is 254 g/mol. The van der Waals surface area contributed by atoms with Gasteiger partial charge >= 0.3 is 6.03 Å². The molecular weight excluding hydrogens is 242 g/mol. The van der Waals surface area contributed by atoms with Gasteiger partial charge in [0.15, 0.2) is 5.82 Å². The lowest BCUT2D eigenvalue weighted by Crippen LogP contribution is -2.29. The highest BCUT2D eigenvalue weighted by Crippen LogP contribution is 2.23. The highest BCUT2D eigenvalue weighted by atomic mass is 19.2. The summed E-state index contributed by atoms with van der Waals surface area (Å²) in [5, 5.41) is 5.20. The average Bonchev–Trinajstić information content (AvgIpc) is 2.81. The molecule has 2 N–H and O–H groups in total. The van der Waals surface area contributed by atoms with Gasteiger partial charge in [-0.2, -0.15) is 9.49 Å². The molecule has 1 aromatic heterocycles. The van der Waals surface area contributed by atoms with E-state index in [9.17, 15) is 13.6 Å². The number of carbonyl (C=O) groups excluding carboxylic acids is 1. The Morgan fingerprint density at radius 3 is 2.83 bits per heavy atom. The molecule has 0 saturated carbocycles. The van der Waals surface area contributed by atoms with Crippen LogP contribution in [0.2, 0.25) is 0 Å². The molecule has 0 radical (unpaired) electrons. The van der Waals surface area contributed by atoms with Crippen LogP contribution in [0.1, 0.15) is 24.8 Å². The maximum absolute atomic E-state index is 13.1. The highest BCUT2D eigenvalue weighted by Gasteiger charge is 2.24. The minimum atomic E-state index is -1.13. The van der Waals surface area contributed by atoms with E-state index in [0.29, 0.717) is 24.2 Å². The Labute approximate surface area is 102 Å². The number of amides is 2. The van der Waals surface area contributed by atoms with Crippen molar-refractivity contribution >= 4 is 11.7 Å². The fourth-order valence-corrected chi connectivity index (χ4v) is 1.80. The zero-order valence-electron chi connectivity index (χ0n) is 9.73. The first kappa shape index (κ1) is 12.4. The maximum Gasteiger partial charge on any atom is 0.335 e. The van der Waals surface area contributed by atoms with Gasteiger partial charge in [0.1, 0.15) is 0 Å². The van der Waals surface area contributed by atoms with Crippen molar-refractivity contribution in [2.24, 2.45) is 10.8 Å². The number of primary amides is 1. The highest BCUT2D eigenvalue weighted by molar-refractivity contribution is 5.93. The molecule has 0 saturated heterocycles. The van der Waals surface area contributed by atoms with Crippen LogP contribution in [-0.4, -0.2) is 28.3 Å². The maximum atomic E-state index is 13.1. The topological polar surface area (TPSA) is 71.6 Å². The van der Waals surface area contributed by atoms with Gasteiger partial charge in [-0.15, -0.1) is 0 Å². The number of hydrogen-bond donors (Lipinski definition) is 1. The SMILES string of the molecule is C[C@@H](C1=NN(C(N)=O)CC1)c1cnc(F)c(F)c1. The number of urea groups is 1. The fraction of sp³-hybridized carbons (Fsp3) is 0.364. The minimum absolute atomic E-state index is 0.239. The summed E-state index contributed by atoms with van der Waals surface area (Å²) in [6, 6.07) is 0.461. The van der Waals surface area contributed by atoms with E-state index in [0.717, 1.165) is 11.1 Å². The summed E-state index contributed by atoms with van der Waals surface area (Å²) in [5.74, 6) is -2.36. The summed E-state index contributed by atoms with van der Waals surface area (Å²) in [6.45, 7) is 2.20. The van der Waals surface area contributed by atoms with Crippen LogP contribution < -0.4 is 5.73 Å². The molecule has 5 nitrogen and oxygen atoms in total. The third-order valence-corrected chi connectivity index (χ3v) is 2.90. The van der Waals surface area contributed by atoms with Gasteiger partial charge in [-0.25, -0.2) is 19.2 Å². The predicted octanol–water partition coefficient (Wildman–Crippen LogP) is 1.60.